The largest absolute Gasteiger partial charge is 0.265 e. The van der Waals surface area contributed by atoms with E-state index in [0.29, 0.717) is 0 Å². The van der Waals surface area contributed by atoms with Crippen molar-refractivity contribution in [3.05, 3.63) is 63.9 Å². The summed E-state index contributed by atoms with van der Waals surface area (Å²) in [7, 11) is 0. The van der Waals surface area contributed by atoms with Crippen LogP contribution in [0.25, 0.3) is 0 Å². The van der Waals surface area contributed by atoms with Crippen LogP contribution in [0.15, 0.2) is 47.2 Å². The normalized spacial score (nSPS) is 12.4. The Hall–Kier alpha value is -0.860. The van der Waals surface area contributed by atoms with Gasteiger partial charge >= 0.3 is 0 Å². The molecule has 1 aromatic carbocycles. The van der Waals surface area contributed by atoms with Crippen molar-refractivity contribution in [1.29, 1.82) is 0 Å². The molecule has 1 nitrogen and oxygen atoms in total. The molecule has 2 rings (SSSR count). The van der Waals surface area contributed by atoms with Crippen LogP contribution in [0.2, 0.25) is 0 Å². The summed E-state index contributed by atoms with van der Waals surface area (Å²) >= 11 is 9.95. The van der Waals surface area contributed by atoms with Gasteiger partial charge in [-0.2, -0.15) is 0 Å². The highest BCUT2D eigenvalue weighted by Crippen LogP contribution is 2.28. The second-order valence-corrected chi connectivity index (χ2v) is 5.42. The first-order valence-corrected chi connectivity index (χ1v) is 6.69. The summed E-state index contributed by atoms with van der Waals surface area (Å²) in [6.07, 6.45) is 4.41. The van der Waals surface area contributed by atoms with Crippen molar-refractivity contribution in [2.45, 2.75) is 18.7 Å². The van der Waals surface area contributed by atoms with E-state index in [2.05, 4.69) is 46.0 Å². The van der Waals surface area contributed by atoms with Gasteiger partial charge in [0, 0.05) is 16.9 Å². The highest BCUT2D eigenvalue weighted by Gasteiger charge is 2.09. The van der Waals surface area contributed by atoms with E-state index in [4.69, 9.17) is 11.6 Å². The van der Waals surface area contributed by atoms with Crippen molar-refractivity contribution in [3.8, 4) is 0 Å². The van der Waals surface area contributed by atoms with Crippen LogP contribution in [0.4, 0.5) is 0 Å². The SMILES string of the molecule is Cc1ccc(C(Cl)Cc2ccncc2)cc1Br. The van der Waals surface area contributed by atoms with Crippen molar-refractivity contribution in [3.63, 3.8) is 0 Å². The molecule has 0 saturated carbocycles. The molecule has 88 valence electrons. The average Bonchev–Trinajstić information content (AvgIpc) is 2.34. The van der Waals surface area contributed by atoms with Crippen molar-refractivity contribution < 1.29 is 0 Å². The zero-order valence-electron chi connectivity index (χ0n) is 9.53. The highest BCUT2D eigenvalue weighted by atomic mass is 79.9. The summed E-state index contributed by atoms with van der Waals surface area (Å²) in [4.78, 5) is 4.00. The summed E-state index contributed by atoms with van der Waals surface area (Å²) in [5.74, 6) is 0. The third kappa shape index (κ3) is 3.30. The molecular formula is C14H13BrClN. The smallest absolute Gasteiger partial charge is 0.0625 e. The number of aryl methyl sites for hydroxylation is 1. The van der Waals surface area contributed by atoms with Crippen LogP contribution < -0.4 is 0 Å². The van der Waals surface area contributed by atoms with Crippen LogP contribution in [0, 0.1) is 6.92 Å². The molecule has 0 aliphatic heterocycles. The van der Waals surface area contributed by atoms with Gasteiger partial charge < -0.3 is 0 Å². The molecular weight excluding hydrogens is 298 g/mol. The maximum absolute atomic E-state index is 6.42. The number of benzene rings is 1. The first-order chi connectivity index (χ1) is 8.16. The number of alkyl halides is 1. The number of hydrogen-bond donors (Lipinski definition) is 0. The topological polar surface area (TPSA) is 12.9 Å². The van der Waals surface area contributed by atoms with E-state index in [0.717, 1.165) is 16.5 Å². The monoisotopic (exact) mass is 309 g/mol. The van der Waals surface area contributed by atoms with Crippen LogP contribution >= 0.6 is 27.5 Å². The Kier molecular flexibility index (Phi) is 4.19. The minimum absolute atomic E-state index is 0.00528. The van der Waals surface area contributed by atoms with Crippen molar-refractivity contribution in [2.75, 3.05) is 0 Å². The summed E-state index contributed by atoms with van der Waals surface area (Å²) in [5.41, 5.74) is 3.57. The summed E-state index contributed by atoms with van der Waals surface area (Å²) in [5, 5.41) is -0.00528. The van der Waals surface area contributed by atoms with Crippen molar-refractivity contribution in [1.82, 2.24) is 4.98 Å². The van der Waals surface area contributed by atoms with E-state index in [1.165, 1.54) is 11.1 Å². The van der Waals surface area contributed by atoms with Gasteiger partial charge in [-0.25, -0.2) is 0 Å². The number of pyridine rings is 1. The Morgan fingerprint density at radius 2 is 1.94 bits per heavy atom. The van der Waals surface area contributed by atoms with E-state index in [-0.39, 0.29) is 5.38 Å². The number of hydrogen-bond acceptors (Lipinski definition) is 1. The highest BCUT2D eigenvalue weighted by molar-refractivity contribution is 9.10. The van der Waals surface area contributed by atoms with Gasteiger partial charge in [-0.05, 0) is 48.2 Å². The molecule has 0 aliphatic rings. The molecule has 0 amide bonds. The van der Waals surface area contributed by atoms with Gasteiger partial charge in [0.05, 0.1) is 5.38 Å². The third-order valence-electron chi connectivity index (χ3n) is 2.72. The molecule has 0 saturated heterocycles. The standard InChI is InChI=1S/C14H13BrClN/c1-10-2-3-12(9-13(10)15)14(16)8-11-4-6-17-7-5-11/h2-7,9,14H,8H2,1H3. The van der Waals surface area contributed by atoms with Crippen molar-refractivity contribution in [2.24, 2.45) is 0 Å². The Bertz CT molecular complexity index is 499. The van der Waals surface area contributed by atoms with Gasteiger partial charge in [0.15, 0.2) is 0 Å². The zero-order valence-corrected chi connectivity index (χ0v) is 11.9. The fourth-order valence-corrected chi connectivity index (χ4v) is 2.36. The first kappa shape index (κ1) is 12.6. The maximum atomic E-state index is 6.42. The molecule has 0 N–H and O–H groups in total. The van der Waals surface area contributed by atoms with Crippen LogP contribution in [0.5, 0.6) is 0 Å². The van der Waals surface area contributed by atoms with Crippen LogP contribution in [0.1, 0.15) is 22.1 Å². The quantitative estimate of drug-likeness (QED) is 0.750. The number of rotatable bonds is 3. The van der Waals surface area contributed by atoms with E-state index in [1.54, 1.807) is 12.4 Å². The third-order valence-corrected chi connectivity index (χ3v) is 3.98. The van der Waals surface area contributed by atoms with E-state index >= 15 is 0 Å². The number of nitrogens with zero attached hydrogens (tertiary/aromatic N) is 1. The molecule has 1 atom stereocenters. The molecule has 1 unspecified atom stereocenters. The lowest BCUT2D eigenvalue weighted by molar-refractivity contribution is 0.914. The van der Waals surface area contributed by atoms with Gasteiger partial charge in [0.2, 0.25) is 0 Å². The van der Waals surface area contributed by atoms with E-state index in [9.17, 15) is 0 Å². The fraction of sp³-hybridized carbons (Fsp3) is 0.214. The van der Waals surface area contributed by atoms with Gasteiger partial charge in [-0.15, -0.1) is 11.6 Å². The fourth-order valence-electron chi connectivity index (χ4n) is 1.65. The Morgan fingerprint density at radius 3 is 2.59 bits per heavy atom. The van der Waals surface area contributed by atoms with Gasteiger partial charge in [0.25, 0.3) is 0 Å². The molecule has 1 aromatic heterocycles. The van der Waals surface area contributed by atoms with Gasteiger partial charge in [-0.3, -0.25) is 4.98 Å². The molecule has 17 heavy (non-hydrogen) atoms. The molecule has 2 aromatic rings. The molecule has 3 heteroatoms. The molecule has 0 aliphatic carbocycles. The summed E-state index contributed by atoms with van der Waals surface area (Å²) in [6.45, 7) is 2.07. The lowest BCUT2D eigenvalue weighted by Gasteiger charge is -2.11. The zero-order chi connectivity index (χ0) is 12.3. The number of aromatic nitrogens is 1. The molecule has 0 bridgehead atoms. The first-order valence-electron chi connectivity index (χ1n) is 5.46. The number of halogens is 2. The van der Waals surface area contributed by atoms with Crippen molar-refractivity contribution >= 4 is 27.5 Å². The second-order valence-electron chi connectivity index (χ2n) is 4.04. The Morgan fingerprint density at radius 1 is 1.24 bits per heavy atom. The van der Waals surface area contributed by atoms with Gasteiger partial charge in [-0.1, -0.05) is 28.1 Å². The summed E-state index contributed by atoms with van der Waals surface area (Å²) < 4.78 is 1.11. The van der Waals surface area contributed by atoms with E-state index in [1.807, 2.05) is 12.1 Å². The van der Waals surface area contributed by atoms with Crippen LogP contribution in [0.3, 0.4) is 0 Å². The predicted molar refractivity (Wildman–Crippen MR) is 75.4 cm³/mol. The Balaban J connectivity index is 2.14. The molecule has 0 fully saturated rings. The maximum Gasteiger partial charge on any atom is 0.0625 e. The van der Waals surface area contributed by atoms with Gasteiger partial charge in [0.1, 0.15) is 0 Å². The predicted octanol–water partition coefficient (Wildman–Crippen LogP) is 4.68. The van der Waals surface area contributed by atoms with Crippen LogP contribution in [-0.2, 0) is 6.42 Å². The summed E-state index contributed by atoms with van der Waals surface area (Å²) in [6, 6.07) is 10.3. The minimum atomic E-state index is -0.00528. The van der Waals surface area contributed by atoms with E-state index < -0.39 is 0 Å². The van der Waals surface area contributed by atoms with Crippen LogP contribution in [-0.4, -0.2) is 4.98 Å². The minimum Gasteiger partial charge on any atom is -0.265 e. The Labute approximate surface area is 115 Å². The second kappa shape index (κ2) is 5.65. The lowest BCUT2D eigenvalue weighted by atomic mass is 10.0. The molecule has 0 radical (unpaired) electrons. The molecule has 1 heterocycles. The molecule has 0 spiro atoms. The lowest BCUT2D eigenvalue weighted by Crippen LogP contribution is -1.96. The average molecular weight is 311 g/mol.